The van der Waals surface area contributed by atoms with Crippen LogP contribution in [-0.2, 0) is 14.3 Å². The number of hydrogen-bond acceptors (Lipinski definition) is 3. The van der Waals surface area contributed by atoms with Crippen LogP contribution in [0.1, 0.15) is 12.8 Å². The molecule has 1 fully saturated rings. The number of likely N-dealkylation sites (tertiary alicyclic amines) is 1. The van der Waals surface area contributed by atoms with Crippen molar-refractivity contribution in [3.63, 3.8) is 0 Å². The fourth-order valence-corrected chi connectivity index (χ4v) is 2.37. The van der Waals surface area contributed by atoms with E-state index < -0.39 is 0 Å². The van der Waals surface area contributed by atoms with Crippen molar-refractivity contribution in [1.82, 2.24) is 4.90 Å². The average molecular weight is 276 g/mol. The molecule has 108 valence electrons. The van der Waals surface area contributed by atoms with Gasteiger partial charge in [0, 0.05) is 31.8 Å². The average Bonchev–Trinajstić information content (AvgIpc) is 2.48. The van der Waals surface area contributed by atoms with E-state index in [2.05, 4.69) is 5.32 Å². The molecule has 1 N–H and O–H groups in total. The standard InChI is InChI=1S/C15H20N2O3/c1-20-11-14(18)17-9-7-12(8-10-17)15(19)16-13-5-3-2-4-6-13/h2-6,12H,7-11H2,1H3,(H,16,19). The van der Waals surface area contributed by atoms with Gasteiger partial charge in [-0.1, -0.05) is 18.2 Å². The summed E-state index contributed by atoms with van der Waals surface area (Å²) in [5.74, 6) is 0.00580. The fourth-order valence-electron chi connectivity index (χ4n) is 2.37. The van der Waals surface area contributed by atoms with E-state index in [1.165, 1.54) is 7.11 Å². The second kappa shape index (κ2) is 7.05. The molecule has 1 aliphatic heterocycles. The number of carbonyl (C=O) groups excluding carboxylic acids is 2. The summed E-state index contributed by atoms with van der Waals surface area (Å²) < 4.78 is 4.84. The number of carbonyl (C=O) groups is 2. The van der Waals surface area contributed by atoms with Crippen LogP contribution in [0.4, 0.5) is 5.69 Å². The first-order valence-corrected chi connectivity index (χ1v) is 6.83. The summed E-state index contributed by atoms with van der Waals surface area (Å²) in [5, 5.41) is 2.91. The van der Waals surface area contributed by atoms with E-state index in [4.69, 9.17) is 4.74 Å². The minimum Gasteiger partial charge on any atom is -0.375 e. The van der Waals surface area contributed by atoms with Crippen molar-refractivity contribution in [2.75, 3.05) is 32.1 Å². The molecule has 0 bridgehead atoms. The molecule has 0 radical (unpaired) electrons. The van der Waals surface area contributed by atoms with E-state index in [9.17, 15) is 9.59 Å². The highest BCUT2D eigenvalue weighted by Gasteiger charge is 2.27. The summed E-state index contributed by atoms with van der Waals surface area (Å²) >= 11 is 0. The number of nitrogens with one attached hydrogen (secondary N) is 1. The smallest absolute Gasteiger partial charge is 0.248 e. The molecule has 1 heterocycles. The molecule has 0 atom stereocenters. The quantitative estimate of drug-likeness (QED) is 0.907. The number of hydrogen-bond donors (Lipinski definition) is 1. The molecule has 0 aromatic heterocycles. The molecule has 5 heteroatoms. The lowest BCUT2D eigenvalue weighted by atomic mass is 9.95. The van der Waals surface area contributed by atoms with Gasteiger partial charge in [-0.15, -0.1) is 0 Å². The van der Waals surface area contributed by atoms with Crippen LogP contribution in [0, 0.1) is 5.92 Å². The molecule has 1 aromatic carbocycles. The Kier molecular flexibility index (Phi) is 5.12. The van der Waals surface area contributed by atoms with Gasteiger partial charge in [-0.05, 0) is 25.0 Å². The number of para-hydroxylation sites is 1. The Balaban J connectivity index is 1.81. The van der Waals surface area contributed by atoms with Gasteiger partial charge < -0.3 is 15.0 Å². The van der Waals surface area contributed by atoms with E-state index in [1.54, 1.807) is 4.90 Å². The largest absolute Gasteiger partial charge is 0.375 e. The summed E-state index contributed by atoms with van der Waals surface area (Å²) in [5.41, 5.74) is 0.815. The molecule has 0 saturated carbocycles. The minimum absolute atomic E-state index is 0.00517. The van der Waals surface area contributed by atoms with Crippen molar-refractivity contribution in [3.8, 4) is 0 Å². The Morgan fingerprint density at radius 1 is 1.25 bits per heavy atom. The van der Waals surface area contributed by atoms with Crippen LogP contribution in [0.15, 0.2) is 30.3 Å². The molecule has 0 spiro atoms. The second-order valence-electron chi connectivity index (χ2n) is 4.94. The predicted octanol–water partition coefficient (Wildman–Crippen LogP) is 1.51. The van der Waals surface area contributed by atoms with Crippen molar-refractivity contribution < 1.29 is 14.3 Å². The maximum atomic E-state index is 12.1. The van der Waals surface area contributed by atoms with Gasteiger partial charge in [0.1, 0.15) is 6.61 Å². The molecular formula is C15H20N2O3. The van der Waals surface area contributed by atoms with Gasteiger partial charge in [0.15, 0.2) is 0 Å². The molecular weight excluding hydrogens is 256 g/mol. The molecule has 0 unspecified atom stereocenters. The number of nitrogens with zero attached hydrogens (tertiary/aromatic N) is 1. The lowest BCUT2D eigenvalue weighted by Gasteiger charge is -2.31. The highest BCUT2D eigenvalue weighted by Crippen LogP contribution is 2.19. The third-order valence-corrected chi connectivity index (χ3v) is 3.53. The molecule has 0 aliphatic carbocycles. The molecule has 20 heavy (non-hydrogen) atoms. The Labute approximate surface area is 118 Å². The molecule has 5 nitrogen and oxygen atoms in total. The summed E-state index contributed by atoms with van der Waals surface area (Å²) in [6.07, 6.45) is 1.41. The zero-order valence-electron chi connectivity index (χ0n) is 11.7. The Morgan fingerprint density at radius 3 is 2.50 bits per heavy atom. The van der Waals surface area contributed by atoms with E-state index in [1.807, 2.05) is 30.3 Å². The molecule has 2 rings (SSSR count). The summed E-state index contributed by atoms with van der Waals surface area (Å²) in [4.78, 5) is 25.6. The first-order valence-electron chi connectivity index (χ1n) is 6.83. The van der Waals surface area contributed by atoms with Crippen molar-refractivity contribution in [3.05, 3.63) is 30.3 Å². The summed E-state index contributed by atoms with van der Waals surface area (Å²) in [7, 11) is 1.51. The van der Waals surface area contributed by atoms with Gasteiger partial charge in [-0.25, -0.2) is 0 Å². The lowest BCUT2D eigenvalue weighted by molar-refractivity contribution is -0.138. The maximum absolute atomic E-state index is 12.1. The van der Waals surface area contributed by atoms with Gasteiger partial charge in [0.05, 0.1) is 0 Å². The van der Waals surface area contributed by atoms with Crippen LogP contribution in [0.5, 0.6) is 0 Å². The van der Waals surface area contributed by atoms with Crippen LogP contribution in [0.25, 0.3) is 0 Å². The molecule has 1 aromatic rings. The fraction of sp³-hybridized carbons (Fsp3) is 0.467. The van der Waals surface area contributed by atoms with Crippen LogP contribution in [-0.4, -0.2) is 43.5 Å². The Morgan fingerprint density at radius 2 is 1.90 bits per heavy atom. The minimum atomic E-state index is -0.0261. The predicted molar refractivity (Wildman–Crippen MR) is 76.3 cm³/mol. The van der Waals surface area contributed by atoms with Crippen molar-refractivity contribution in [1.29, 1.82) is 0 Å². The number of ether oxygens (including phenoxy) is 1. The van der Waals surface area contributed by atoms with E-state index >= 15 is 0 Å². The number of methoxy groups -OCH3 is 1. The van der Waals surface area contributed by atoms with Crippen LogP contribution in [0.2, 0.25) is 0 Å². The van der Waals surface area contributed by atoms with Gasteiger partial charge in [-0.2, -0.15) is 0 Å². The first-order chi connectivity index (χ1) is 9.70. The zero-order valence-corrected chi connectivity index (χ0v) is 11.7. The van der Waals surface area contributed by atoms with Crippen molar-refractivity contribution in [2.45, 2.75) is 12.8 Å². The zero-order chi connectivity index (χ0) is 14.4. The third-order valence-electron chi connectivity index (χ3n) is 3.53. The number of benzene rings is 1. The number of amides is 2. The highest BCUT2D eigenvalue weighted by molar-refractivity contribution is 5.92. The second-order valence-corrected chi connectivity index (χ2v) is 4.94. The van der Waals surface area contributed by atoms with E-state index in [0.717, 1.165) is 5.69 Å². The first kappa shape index (κ1) is 14.5. The van der Waals surface area contributed by atoms with Gasteiger partial charge >= 0.3 is 0 Å². The third kappa shape index (κ3) is 3.81. The molecule has 1 saturated heterocycles. The molecule has 2 amide bonds. The van der Waals surface area contributed by atoms with Crippen LogP contribution in [0.3, 0.4) is 0 Å². The van der Waals surface area contributed by atoms with Gasteiger partial charge in [-0.3, -0.25) is 9.59 Å². The van der Waals surface area contributed by atoms with Gasteiger partial charge in [0.25, 0.3) is 0 Å². The van der Waals surface area contributed by atoms with Crippen LogP contribution < -0.4 is 5.32 Å². The highest BCUT2D eigenvalue weighted by atomic mass is 16.5. The van der Waals surface area contributed by atoms with Crippen molar-refractivity contribution in [2.24, 2.45) is 5.92 Å². The lowest BCUT2D eigenvalue weighted by Crippen LogP contribution is -2.42. The normalized spacial score (nSPS) is 15.9. The van der Waals surface area contributed by atoms with E-state index in [0.29, 0.717) is 25.9 Å². The monoisotopic (exact) mass is 276 g/mol. The number of rotatable bonds is 4. The van der Waals surface area contributed by atoms with Crippen molar-refractivity contribution >= 4 is 17.5 Å². The van der Waals surface area contributed by atoms with Crippen LogP contribution >= 0.6 is 0 Å². The summed E-state index contributed by atoms with van der Waals surface area (Å²) in [6.45, 7) is 1.35. The van der Waals surface area contributed by atoms with E-state index in [-0.39, 0.29) is 24.3 Å². The topological polar surface area (TPSA) is 58.6 Å². The SMILES string of the molecule is COCC(=O)N1CCC(C(=O)Nc2ccccc2)CC1. The maximum Gasteiger partial charge on any atom is 0.248 e. The number of anilines is 1. The summed E-state index contributed by atoms with van der Waals surface area (Å²) in [6, 6.07) is 9.43. The number of piperidine rings is 1. The molecule has 1 aliphatic rings. The van der Waals surface area contributed by atoms with Gasteiger partial charge in [0.2, 0.25) is 11.8 Å². The Bertz CT molecular complexity index is 453. The Hall–Kier alpha value is -1.88.